The van der Waals surface area contributed by atoms with Crippen molar-refractivity contribution in [2.45, 2.75) is 155 Å². The minimum Gasteiger partial charge on any atom is -0.457 e. The van der Waals surface area contributed by atoms with Gasteiger partial charge in [-0.25, -0.2) is 26.9 Å². The van der Waals surface area contributed by atoms with Crippen molar-refractivity contribution in [3.8, 4) is 61.8 Å². The second-order valence-electron chi connectivity index (χ2n) is 29.5. The maximum atomic E-state index is 17.2. The van der Waals surface area contributed by atoms with Crippen LogP contribution in [-0.4, -0.2) is 16.2 Å². The lowest BCUT2D eigenvalue weighted by Crippen LogP contribution is -2.25. The molecule has 3 heterocycles. The lowest BCUT2D eigenvalue weighted by atomic mass is 9.75. The van der Waals surface area contributed by atoms with E-state index in [0.717, 1.165) is 86.9 Å². The van der Waals surface area contributed by atoms with E-state index in [4.69, 9.17) is 9.72 Å². The third-order valence-electron chi connectivity index (χ3n) is 20.1. The molecule has 0 saturated heterocycles. The van der Waals surface area contributed by atoms with Crippen LogP contribution in [0.1, 0.15) is 166 Å². The zero-order chi connectivity index (χ0) is 65.5. The highest BCUT2D eigenvalue weighted by Crippen LogP contribution is 2.55. The summed E-state index contributed by atoms with van der Waals surface area (Å²) in [6.07, 6.45) is 13.4. The first-order valence-electron chi connectivity index (χ1n) is 33.6. The lowest BCUT2D eigenvalue weighted by Gasteiger charge is -2.31. The summed E-state index contributed by atoms with van der Waals surface area (Å²) in [6, 6.07) is 59.9. The molecule has 9 aromatic carbocycles. The van der Waals surface area contributed by atoms with Gasteiger partial charge in [-0.3, -0.25) is 4.57 Å². The van der Waals surface area contributed by atoms with Crippen molar-refractivity contribution in [2.24, 2.45) is 0 Å². The van der Waals surface area contributed by atoms with Gasteiger partial charge in [-0.1, -0.05) is 198 Å². The molecule has 2 fully saturated rings. The first kappa shape index (κ1) is 62.4. The topological polar surface area (TPSA) is 33.5 Å². The van der Waals surface area contributed by atoms with Gasteiger partial charge in [0.25, 0.3) is 0 Å². The van der Waals surface area contributed by atoms with E-state index in [1.54, 1.807) is 6.07 Å². The standard InChI is InChI=1S/C84H81F5N4O/c1-82(2,3)57-38-39-90-73(47-57)93-69-33-20-19-30-65(69)66-37-36-61(49-72(66)93)94-62-43-56(74-63(52-26-15-11-16-27-52)31-23-32-64(74)53-28-17-12-18-29-53)42-60(48-62)91-50-92(71-35-22-21-34-70(71)91)81-67(55-40-58(83(4,5)6)46-59(41-55)84(7,8)9)44-54(51-24-13-10-14-25-51)45-68(81)75-76(85)78(87)80(89)79(88)77(75)86/h10,13-14,19-25,30-49,52-53H,11-12,15-18,26-29,50H2,1-9H3. The summed E-state index contributed by atoms with van der Waals surface area (Å²) in [5.41, 5.74) is 13.2. The van der Waals surface area contributed by atoms with Crippen LogP contribution in [0, 0.1) is 29.1 Å². The molecule has 1 aliphatic heterocycles. The summed E-state index contributed by atoms with van der Waals surface area (Å²) < 4.78 is 91.6. The van der Waals surface area contributed by atoms with Crippen LogP contribution in [0.5, 0.6) is 11.5 Å². The number of pyridine rings is 1. The molecular formula is C84H81F5N4O. The van der Waals surface area contributed by atoms with Crippen molar-refractivity contribution in [3.63, 3.8) is 0 Å². The number of hydrogen-bond acceptors (Lipinski definition) is 4. The van der Waals surface area contributed by atoms with E-state index in [9.17, 15) is 0 Å². The van der Waals surface area contributed by atoms with Crippen LogP contribution in [0.2, 0.25) is 0 Å². The molecule has 0 amide bonds. The number of nitrogens with zero attached hydrogens (tertiary/aromatic N) is 4. The summed E-state index contributed by atoms with van der Waals surface area (Å²) in [7, 11) is 0. The fourth-order valence-electron chi connectivity index (χ4n) is 15.0. The molecule has 2 aliphatic carbocycles. The van der Waals surface area contributed by atoms with Crippen molar-refractivity contribution in [3.05, 3.63) is 239 Å². The average Bonchev–Trinajstić information content (AvgIpc) is 1.41. The van der Waals surface area contributed by atoms with E-state index in [1.807, 2.05) is 77.8 Å². The molecule has 11 aromatic rings. The van der Waals surface area contributed by atoms with E-state index in [-0.39, 0.29) is 34.2 Å². The summed E-state index contributed by atoms with van der Waals surface area (Å²) in [4.78, 5) is 9.19. The number of anilines is 4. The highest BCUT2D eigenvalue weighted by molar-refractivity contribution is 6.09. The lowest BCUT2D eigenvalue weighted by molar-refractivity contribution is 0.381. The maximum absolute atomic E-state index is 17.2. The molecule has 5 nitrogen and oxygen atoms in total. The van der Waals surface area contributed by atoms with Crippen molar-refractivity contribution < 1.29 is 26.7 Å². The fourth-order valence-corrected chi connectivity index (χ4v) is 15.0. The summed E-state index contributed by atoms with van der Waals surface area (Å²) >= 11 is 0. The molecule has 94 heavy (non-hydrogen) atoms. The first-order chi connectivity index (χ1) is 45.1. The van der Waals surface area contributed by atoms with E-state index in [0.29, 0.717) is 45.7 Å². The largest absolute Gasteiger partial charge is 0.457 e. The van der Waals surface area contributed by atoms with Crippen LogP contribution >= 0.6 is 0 Å². The van der Waals surface area contributed by atoms with Gasteiger partial charge < -0.3 is 14.5 Å². The van der Waals surface area contributed by atoms with Gasteiger partial charge in [0, 0.05) is 45.9 Å². The van der Waals surface area contributed by atoms with Gasteiger partial charge in [0.05, 0.1) is 33.7 Å². The molecule has 0 unspecified atom stereocenters. The Morgan fingerprint density at radius 1 is 0.404 bits per heavy atom. The molecule has 0 radical (unpaired) electrons. The quantitative estimate of drug-likeness (QED) is 0.0734. The Morgan fingerprint density at radius 2 is 0.968 bits per heavy atom. The third kappa shape index (κ3) is 11.5. The highest BCUT2D eigenvalue weighted by Gasteiger charge is 2.37. The number of benzene rings is 9. The van der Waals surface area contributed by atoms with Crippen LogP contribution in [0.3, 0.4) is 0 Å². The van der Waals surface area contributed by atoms with Gasteiger partial charge in [0.1, 0.15) is 24.0 Å². The Bertz CT molecular complexity index is 4630. The Labute approximate surface area is 549 Å². The van der Waals surface area contributed by atoms with Crippen molar-refractivity contribution >= 4 is 44.6 Å². The molecule has 2 aromatic heterocycles. The Kier molecular flexibility index (Phi) is 16.2. The van der Waals surface area contributed by atoms with E-state index in [1.165, 1.54) is 60.8 Å². The second kappa shape index (κ2) is 24.4. The number of fused-ring (bicyclic) bond motifs is 4. The number of ether oxygens (including phenoxy) is 1. The number of rotatable bonds is 11. The fraction of sp³-hybridized carbons (Fsp3) is 0.298. The molecule has 0 N–H and O–H groups in total. The Balaban J connectivity index is 1.01. The zero-order valence-electron chi connectivity index (χ0n) is 55.3. The van der Waals surface area contributed by atoms with Gasteiger partial charge in [-0.15, -0.1) is 0 Å². The molecule has 3 aliphatic rings. The van der Waals surface area contributed by atoms with Crippen molar-refractivity contribution in [1.29, 1.82) is 0 Å². The summed E-state index contributed by atoms with van der Waals surface area (Å²) in [5, 5.41) is 2.16. The van der Waals surface area contributed by atoms with Crippen LogP contribution < -0.4 is 14.5 Å². The predicted molar refractivity (Wildman–Crippen MR) is 376 cm³/mol. The Morgan fingerprint density at radius 3 is 1.60 bits per heavy atom. The van der Waals surface area contributed by atoms with Crippen molar-refractivity contribution in [1.82, 2.24) is 9.55 Å². The van der Waals surface area contributed by atoms with Crippen LogP contribution in [-0.2, 0) is 16.2 Å². The predicted octanol–water partition coefficient (Wildman–Crippen LogP) is 24.6. The van der Waals surface area contributed by atoms with Gasteiger partial charge >= 0.3 is 0 Å². The second-order valence-corrected chi connectivity index (χ2v) is 29.5. The monoisotopic (exact) mass is 1260 g/mol. The smallest absolute Gasteiger partial charge is 0.200 e. The first-order valence-corrected chi connectivity index (χ1v) is 33.6. The summed E-state index contributed by atoms with van der Waals surface area (Å²) in [5.74, 6) is -7.29. The minimum absolute atomic E-state index is 0.0693. The molecule has 10 heteroatoms. The summed E-state index contributed by atoms with van der Waals surface area (Å²) in [6.45, 7) is 19.6. The van der Waals surface area contributed by atoms with Gasteiger partial charge in [-0.05, 0) is 176 Å². The van der Waals surface area contributed by atoms with Crippen molar-refractivity contribution in [2.75, 3.05) is 16.5 Å². The van der Waals surface area contributed by atoms with Gasteiger partial charge in [-0.2, -0.15) is 0 Å². The van der Waals surface area contributed by atoms with Gasteiger partial charge in [0.2, 0.25) is 5.82 Å². The third-order valence-corrected chi connectivity index (χ3v) is 20.1. The number of para-hydroxylation sites is 3. The van der Waals surface area contributed by atoms with Gasteiger partial charge in [0.15, 0.2) is 23.3 Å². The minimum atomic E-state index is -2.22. The molecule has 2 saturated carbocycles. The number of hydrogen-bond donors (Lipinski definition) is 0. The maximum Gasteiger partial charge on any atom is 0.200 e. The van der Waals surface area contributed by atoms with Crippen LogP contribution in [0.15, 0.2) is 182 Å². The van der Waals surface area contributed by atoms with E-state index >= 15 is 22.0 Å². The molecule has 0 spiro atoms. The molecule has 478 valence electrons. The molecule has 14 rings (SSSR count). The normalized spacial score (nSPS) is 15.2. The van der Waals surface area contributed by atoms with Crippen LogP contribution in [0.4, 0.5) is 44.7 Å². The zero-order valence-corrected chi connectivity index (χ0v) is 55.3. The average molecular weight is 1260 g/mol. The van der Waals surface area contributed by atoms with Crippen LogP contribution in [0.25, 0.3) is 72.1 Å². The van der Waals surface area contributed by atoms with E-state index < -0.39 is 34.6 Å². The molecular weight excluding hydrogens is 1180 g/mol. The number of halogens is 5. The Hall–Kier alpha value is -9.02. The highest BCUT2D eigenvalue weighted by atomic mass is 19.2. The molecule has 0 atom stereocenters. The molecule has 0 bridgehead atoms. The SMILES string of the molecule is CC(C)(C)c1cc(-c2cc(-c3ccccc3)cc(-c3c(F)c(F)c(F)c(F)c3F)c2N2CN(c3cc(Oc4ccc5c6ccccc6n(-c6cc(C(C)(C)C)ccn6)c5c4)cc(-c4c(C5CCCCC5)cccc4C4CCCCC4)c3)c3ccccc32)cc(C(C)(C)C)c1. The van der Waals surface area contributed by atoms with E-state index in [2.05, 4.69) is 175 Å². The number of aromatic nitrogens is 2.